The molecule has 0 aliphatic carbocycles. The summed E-state index contributed by atoms with van der Waals surface area (Å²) in [6.07, 6.45) is -2.37. The number of aromatic nitrogens is 2. The standard InChI is InChI=1S/C14H11Cl2F3N4O3S/c1-6(24)26-21-5-10-12(27(2)25)13(20)23(22-10)11-8(15)3-7(4-9(11)16)14(17,18)19/h3-5H,20H2,1-2H3/b21-5+. The van der Waals surface area contributed by atoms with Crippen molar-refractivity contribution in [2.75, 3.05) is 12.0 Å². The van der Waals surface area contributed by atoms with Crippen LogP contribution in [0.25, 0.3) is 5.69 Å². The zero-order valence-corrected chi connectivity index (χ0v) is 16.0. The molecule has 0 fully saturated rings. The van der Waals surface area contributed by atoms with E-state index in [4.69, 9.17) is 28.9 Å². The lowest BCUT2D eigenvalue weighted by Gasteiger charge is -2.13. The van der Waals surface area contributed by atoms with E-state index in [9.17, 15) is 22.5 Å². The van der Waals surface area contributed by atoms with Crippen LogP contribution in [0.1, 0.15) is 18.2 Å². The van der Waals surface area contributed by atoms with Gasteiger partial charge in [-0.05, 0) is 23.3 Å². The van der Waals surface area contributed by atoms with Crippen LogP contribution in [0.4, 0.5) is 19.0 Å². The summed E-state index contributed by atoms with van der Waals surface area (Å²) in [5, 5.41) is 6.64. The fourth-order valence-corrected chi connectivity index (χ4v) is 3.48. The second kappa shape index (κ2) is 7.97. The summed E-state index contributed by atoms with van der Waals surface area (Å²) < 4.78 is 51.5. The number of nitrogens with two attached hydrogens (primary N) is 1. The Kier molecular flexibility index (Phi) is 6.30. The second-order valence-electron chi connectivity index (χ2n) is 5.07. The summed E-state index contributed by atoms with van der Waals surface area (Å²) >= 11 is 10.3. The molecule has 0 spiro atoms. The maximum atomic E-state index is 12.9. The lowest BCUT2D eigenvalue weighted by Crippen LogP contribution is -2.09. The molecule has 7 nitrogen and oxygen atoms in total. The molecule has 1 aromatic heterocycles. The summed E-state index contributed by atoms with van der Waals surface area (Å²) in [5.41, 5.74) is 4.70. The first-order valence-electron chi connectivity index (χ1n) is 6.93. The van der Waals surface area contributed by atoms with E-state index in [1.807, 2.05) is 0 Å². The highest BCUT2D eigenvalue weighted by Crippen LogP contribution is 2.39. The van der Waals surface area contributed by atoms with Gasteiger partial charge in [-0.1, -0.05) is 28.4 Å². The Morgan fingerprint density at radius 3 is 2.41 bits per heavy atom. The van der Waals surface area contributed by atoms with Crippen molar-refractivity contribution in [1.82, 2.24) is 9.78 Å². The van der Waals surface area contributed by atoms with E-state index in [0.29, 0.717) is 12.1 Å². The number of benzene rings is 1. The normalized spacial score (nSPS) is 13.2. The smallest absolute Gasteiger partial charge is 0.416 e. The van der Waals surface area contributed by atoms with Gasteiger partial charge in [0.05, 0.1) is 21.8 Å². The summed E-state index contributed by atoms with van der Waals surface area (Å²) in [5.74, 6) is -0.879. The van der Waals surface area contributed by atoms with Gasteiger partial charge in [0.25, 0.3) is 0 Å². The lowest BCUT2D eigenvalue weighted by atomic mass is 10.2. The molecule has 1 heterocycles. The minimum absolute atomic E-state index is 0.0120. The van der Waals surface area contributed by atoms with Crippen LogP contribution in [0.2, 0.25) is 10.0 Å². The van der Waals surface area contributed by atoms with Crippen LogP contribution >= 0.6 is 23.2 Å². The van der Waals surface area contributed by atoms with Gasteiger partial charge in [-0.2, -0.15) is 18.3 Å². The van der Waals surface area contributed by atoms with Gasteiger partial charge >= 0.3 is 12.1 Å². The average Bonchev–Trinajstić information content (AvgIpc) is 2.82. The van der Waals surface area contributed by atoms with E-state index in [1.54, 1.807) is 0 Å². The van der Waals surface area contributed by atoms with Gasteiger partial charge in [0.15, 0.2) is 11.5 Å². The Hall–Kier alpha value is -1.95. The molecule has 0 bridgehead atoms. The lowest BCUT2D eigenvalue weighted by molar-refractivity contribution is -0.141. The Bertz CT molecular complexity index is 893. The number of rotatable bonds is 4. The number of halogens is 5. The minimum Gasteiger partial charge on any atom is -0.611 e. The highest BCUT2D eigenvalue weighted by Gasteiger charge is 2.33. The van der Waals surface area contributed by atoms with E-state index < -0.39 is 28.9 Å². The highest BCUT2D eigenvalue weighted by molar-refractivity contribution is 7.91. The molecule has 2 aromatic rings. The third kappa shape index (κ3) is 4.67. The molecule has 0 saturated carbocycles. The van der Waals surface area contributed by atoms with E-state index in [2.05, 4.69) is 15.1 Å². The van der Waals surface area contributed by atoms with E-state index in [0.717, 1.165) is 17.8 Å². The fraction of sp³-hybridized carbons (Fsp3) is 0.214. The van der Waals surface area contributed by atoms with E-state index in [1.165, 1.54) is 6.26 Å². The van der Waals surface area contributed by atoms with Crippen molar-refractivity contribution in [2.24, 2.45) is 5.16 Å². The molecule has 27 heavy (non-hydrogen) atoms. The first-order chi connectivity index (χ1) is 12.4. The predicted molar refractivity (Wildman–Crippen MR) is 94.7 cm³/mol. The SMILES string of the molecule is CC(=O)O/N=C/c1nn(-c2c(Cl)cc(C(F)(F)F)cc2Cl)c(N)c1[S+](C)[O-]. The van der Waals surface area contributed by atoms with Crippen LogP contribution in [-0.2, 0) is 27.0 Å². The molecule has 0 aliphatic rings. The second-order valence-corrected chi connectivity index (χ2v) is 7.20. The predicted octanol–water partition coefficient (Wildman–Crippen LogP) is 3.41. The van der Waals surface area contributed by atoms with Crippen LogP contribution in [0.3, 0.4) is 0 Å². The molecule has 13 heteroatoms. The van der Waals surface area contributed by atoms with Crippen LogP contribution < -0.4 is 5.73 Å². The molecule has 146 valence electrons. The number of carbonyl (C=O) groups is 1. The number of oxime groups is 1. The molecule has 2 rings (SSSR count). The molecule has 0 aliphatic heterocycles. The third-order valence-corrected chi connectivity index (χ3v) is 4.67. The van der Waals surface area contributed by atoms with Gasteiger partial charge in [0.2, 0.25) is 4.90 Å². The number of alkyl halides is 3. The third-order valence-electron chi connectivity index (χ3n) is 3.10. The van der Waals surface area contributed by atoms with Gasteiger partial charge in [-0.3, -0.25) is 0 Å². The zero-order valence-electron chi connectivity index (χ0n) is 13.7. The molecule has 1 atom stereocenters. The number of hydrogen-bond acceptors (Lipinski definition) is 6. The maximum Gasteiger partial charge on any atom is 0.416 e. The zero-order chi connectivity index (χ0) is 20.5. The number of anilines is 1. The Labute approximate surface area is 164 Å². The first-order valence-corrected chi connectivity index (χ1v) is 9.24. The summed E-state index contributed by atoms with van der Waals surface area (Å²) in [6.45, 7) is 1.12. The molecule has 2 N–H and O–H groups in total. The topological polar surface area (TPSA) is 106 Å². The Balaban J connectivity index is 2.63. The van der Waals surface area contributed by atoms with E-state index in [-0.39, 0.29) is 32.1 Å². The van der Waals surface area contributed by atoms with Crippen molar-refractivity contribution < 1.29 is 27.4 Å². The van der Waals surface area contributed by atoms with Crippen molar-refractivity contribution in [2.45, 2.75) is 18.0 Å². The Morgan fingerprint density at radius 1 is 1.41 bits per heavy atom. The number of hydrogen-bond donors (Lipinski definition) is 1. The van der Waals surface area contributed by atoms with Gasteiger partial charge in [-0.15, -0.1) is 0 Å². The average molecular weight is 443 g/mol. The molecular formula is C14H11Cl2F3N4O3S. The van der Waals surface area contributed by atoms with Crippen molar-refractivity contribution >= 4 is 52.4 Å². The number of nitrogen functional groups attached to an aromatic ring is 1. The summed E-state index contributed by atoms with van der Waals surface area (Å²) in [7, 11) is 0. The monoisotopic (exact) mass is 442 g/mol. The Morgan fingerprint density at radius 2 is 1.96 bits per heavy atom. The first kappa shape index (κ1) is 21.4. The molecule has 0 radical (unpaired) electrons. The van der Waals surface area contributed by atoms with Crippen LogP contribution in [0.5, 0.6) is 0 Å². The van der Waals surface area contributed by atoms with Gasteiger partial charge in [0, 0.05) is 6.92 Å². The largest absolute Gasteiger partial charge is 0.611 e. The van der Waals surface area contributed by atoms with Crippen LogP contribution in [-0.4, -0.2) is 32.8 Å². The van der Waals surface area contributed by atoms with Gasteiger partial charge < -0.3 is 15.1 Å². The van der Waals surface area contributed by atoms with E-state index >= 15 is 0 Å². The minimum atomic E-state index is -4.65. The summed E-state index contributed by atoms with van der Waals surface area (Å²) in [6, 6.07) is 1.33. The molecular weight excluding hydrogens is 432 g/mol. The molecule has 1 aromatic carbocycles. The summed E-state index contributed by atoms with van der Waals surface area (Å²) in [4.78, 5) is 15.2. The van der Waals surface area contributed by atoms with Crippen molar-refractivity contribution in [1.29, 1.82) is 0 Å². The number of nitrogens with zero attached hydrogens (tertiary/aromatic N) is 3. The molecule has 0 amide bonds. The fourth-order valence-electron chi connectivity index (χ4n) is 2.07. The number of carbonyl (C=O) groups excluding carboxylic acids is 1. The van der Waals surface area contributed by atoms with Gasteiger partial charge in [-0.25, -0.2) is 9.48 Å². The van der Waals surface area contributed by atoms with Crippen LogP contribution in [0.15, 0.2) is 22.2 Å². The molecule has 1 unspecified atom stereocenters. The highest BCUT2D eigenvalue weighted by atomic mass is 35.5. The van der Waals surface area contributed by atoms with Crippen molar-refractivity contribution in [3.8, 4) is 5.69 Å². The maximum absolute atomic E-state index is 12.9. The van der Waals surface area contributed by atoms with Crippen LogP contribution in [0, 0.1) is 0 Å². The molecule has 0 saturated heterocycles. The van der Waals surface area contributed by atoms with Crippen molar-refractivity contribution in [3.63, 3.8) is 0 Å². The quantitative estimate of drug-likeness (QED) is 0.338. The van der Waals surface area contributed by atoms with Gasteiger partial charge in [0.1, 0.15) is 11.9 Å². The van der Waals surface area contributed by atoms with Crippen molar-refractivity contribution in [3.05, 3.63) is 33.4 Å².